The number of anilines is 1. The van der Waals surface area contributed by atoms with Crippen LogP contribution in [0.4, 0.5) is 5.69 Å². The van der Waals surface area contributed by atoms with Gasteiger partial charge in [-0.1, -0.05) is 13.8 Å². The highest BCUT2D eigenvalue weighted by molar-refractivity contribution is 7.09. The third kappa shape index (κ3) is 2.51. The van der Waals surface area contributed by atoms with E-state index in [0.717, 1.165) is 10.7 Å². The summed E-state index contributed by atoms with van der Waals surface area (Å²) in [6, 6.07) is 0. The van der Waals surface area contributed by atoms with Gasteiger partial charge in [-0.3, -0.25) is 9.89 Å². The Morgan fingerprint density at radius 3 is 2.94 bits per heavy atom. The van der Waals surface area contributed by atoms with Crippen molar-refractivity contribution in [3.63, 3.8) is 0 Å². The zero-order chi connectivity index (χ0) is 13.1. The van der Waals surface area contributed by atoms with E-state index in [0.29, 0.717) is 12.2 Å². The van der Waals surface area contributed by atoms with Crippen LogP contribution in [0.25, 0.3) is 0 Å². The molecule has 0 unspecified atom stereocenters. The van der Waals surface area contributed by atoms with E-state index in [1.54, 1.807) is 6.20 Å². The molecule has 0 atom stereocenters. The summed E-state index contributed by atoms with van der Waals surface area (Å²) in [6.45, 7) is 4.36. The Bertz CT molecular complexity index is 532. The minimum Gasteiger partial charge on any atom is -0.395 e. The smallest absolute Gasteiger partial charge is 0.274 e. The monoisotopic (exact) mass is 265 g/mol. The van der Waals surface area contributed by atoms with E-state index in [1.807, 2.05) is 19.2 Å². The van der Waals surface area contributed by atoms with Crippen molar-refractivity contribution in [1.29, 1.82) is 0 Å². The Labute approximate surface area is 109 Å². The normalized spacial score (nSPS) is 10.8. The molecule has 18 heavy (non-hydrogen) atoms. The maximum absolute atomic E-state index is 11.9. The van der Waals surface area contributed by atoms with Crippen LogP contribution >= 0.6 is 11.3 Å². The molecule has 0 radical (unpaired) electrons. The first-order valence-corrected chi connectivity index (χ1v) is 6.48. The summed E-state index contributed by atoms with van der Waals surface area (Å²) < 4.78 is 0. The van der Waals surface area contributed by atoms with Crippen LogP contribution in [0.5, 0.6) is 0 Å². The lowest BCUT2D eigenvalue weighted by molar-refractivity contribution is 0.0946. The van der Waals surface area contributed by atoms with Gasteiger partial charge in [0.05, 0.1) is 17.9 Å². The van der Waals surface area contributed by atoms with E-state index in [4.69, 9.17) is 5.73 Å². The number of nitrogens with two attached hydrogens (primary N) is 1. The van der Waals surface area contributed by atoms with E-state index >= 15 is 0 Å². The van der Waals surface area contributed by atoms with Gasteiger partial charge in [0.25, 0.3) is 5.91 Å². The quantitative estimate of drug-likeness (QED) is 0.780. The number of nitrogen functional groups attached to an aromatic ring is 1. The van der Waals surface area contributed by atoms with E-state index in [1.165, 1.54) is 11.3 Å². The molecule has 0 aliphatic rings. The van der Waals surface area contributed by atoms with Crippen molar-refractivity contribution in [3.05, 3.63) is 28.0 Å². The van der Waals surface area contributed by atoms with Crippen LogP contribution in [-0.4, -0.2) is 21.1 Å². The van der Waals surface area contributed by atoms with Gasteiger partial charge in [-0.2, -0.15) is 5.10 Å². The standard InChI is InChI=1S/C11H15N5OS/c1-6(2)9-8(12)10(16-15-9)11(17)14-5-7-13-3-4-18-7/h3-4,6H,5,12H2,1-2H3,(H,14,17)(H,15,16). The molecule has 0 saturated carbocycles. The molecule has 0 fully saturated rings. The van der Waals surface area contributed by atoms with Gasteiger partial charge in [0.1, 0.15) is 5.01 Å². The van der Waals surface area contributed by atoms with Crippen molar-refractivity contribution in [3.8, 4) is 0 Å². The fraction of sp³-hybridized carbons (Fsp3) is 0.364. The number of amides is 1. The van der Waals surface area contributed by atoms with E-state index in [2.05, 4.69) is 20.5 Å². The Balaban J connectivity index is 2.05. The number of nitrogens with zero attached hydrogens (tertiary/aromatic N) is 2. The van der Waals surface area contributed by atoms with E-state index < -0.39 is 0 Å². The summed E-state index contributed by atoms with van der Waals surface area (Å²) in [7, 11) is 0. The number of hydrogen-bond acceptors (Lipinski definition) is 5. The number of H-pyrrole nitrogens is 1. The molecule has 1 amide bonds. The molecule has 2 rings (SSSR count). The summed E-state index contributed by atoms with van der Waals surface area (Å²) in [4.78, 5) is 16.0. The molecule has 7 heteroatoms. The van der Waals surface area contributed by atoms with Crippen LogP contribution in [0.3, 0.4) is 0 Å². The third-order valence-electron chi connectivity index (χ3n) is 2.51. The summed E-state index contributed by atoms with van der Waals surface area (Å²) in [5.41, 5.74) is 7.34. The van der Waals surface area contributed by atoms with Gasteiger partial charge >= 0.3 is 0 Å². The molecule has 0 spiro atoms. The first-order chi connectivity index (χ1) is 8.59. The van der Waals surface area contributed by atoms with Crippen molar-refractivity contribution in [2.45, 2.75) is 26.3 Å². The zero-order valence-electron chi connectivity index (χ0n) is 10.2. The molecule has 96 valence electrons. The van der Waals surface area contributed by atoms with Crippen LogP contribution < -0.4 is 11.1 Å². The Morgan fingerprint density at radius 1 is 1.61 bits per heavy atom. The van der Waals surface area contributed by atoms with Crippen LogP contribution in [0.15, 0.2) is 11.6 Å². The average molecular weight is 265 g/mol. The van der Waals surface area contributed by atoms with Gasteiger partial charge < -0.3 is 11.1 Å². The van der Waals surface area contributed by atoms with E-state index in [-0.39, 0.29) is 17.5 Å². The second kappa shape index (κ2) is 5.18. The largest absolute Gasteiger partial charge is 0.395 e. The van der Waals surface area contributed by atoms with Crippen LogP contribution in [0.1, 0.15) is 41.0 Å². The summed E-state index contributed by atoms with van der Waals surface area (Å²) >= 11 is 1.49. The highest BCUT2D eigenvalue weighted by Crippen LogP contribution is 2.21. The number of aromatic amines is 1. The molecule has 0 aliphatic heterocycles. The van der Waals surface area contributed by atoms with Crippen molar-refractivity contribution >= 4 is 22.9 Å². The van der Waals surface area contributed by atoms with Gasteiger partial charge in [0, 0.05) is 11.6 Å². The Morgan fingerprint density at radius 2 is 2.39 bits per heavy atom. The number of nitrogens with one attached hydrogen (secondary N) is 2. The molecule has 2 aromatic heterocycles. The number of aromatic nitrogens is 3. The molecular weight excluding hydrogens is 250 g/mol. The topological polar surface area (TPSA) is 96.7 Å². The molecule has 0 saturated heterocycles. The SMILES string of the molecule is CC(C)c1[nH]nc(C(=O)NCc2nccs2)c1N. The molecule has 2 aromatic rings. The third-order valence-corrected chi connectivity index (χ3v) is 3.29. The van der Waals surface area contributed by atoms with Gasteiger partial charge in [0.2, 0.25) is 0 Å². The second-order valence-corrected chi connectivity index (χ2v) is 5.14. The molecule has 0 bridgehead atoms. The maximum Gasteiger partial charge on any atom is 0.274 e. The zero-order valence-corrected chi connectivity index (χ0v) is 11.0. The van der Waals surface area contributed by atoms with Gasteiger partial charge in [-0.05, 0) is 5.92 Å². The maximum atomic E-state index is 11.9. The molecule has 2 heterocycles. The van der Waals surface area contributed by atoms with Crippen molar-refractivity contribution in [1.82, 2.24) is 20.5 Å². The van der Waals surface area contributed by atoms with Crippen LogP contribution in [0, 0.1) is 0 Å². The second-order valence-electron chi connectivity index (χ2n) is 4.16. The number of carbonyl (C=O) groups is 1. The molecule has 0 aromatic carbocycles. The predicted molar refractivity (Wildman–Crippen MR) is 70.4 cm³/mol. The van der Waals surface area contributed by atoms with Crippen molar-refractivity contribution in [2.75, 3.05) is 5.73 Å². The first kappa shape index (κ1) is 12.6. The fourth-order valence-corrected chi connectivity index (χ4v) is 2.11. The minimum absolute atomic E-state index is 0.206. The number of carbonyl (C=O) groups excluding carboxylic acids is 1. The lowest BCUT2D eigenvalue weighted by Gasteiger charge is -2.03. The van der Waals surface area contributed by atoms with Gasteiger partial charge in [-0.25, -0.2) is 4.98 Å². The van der Waals surface area contributed by atoms with Crippen molar-refractivity contribution in [2.24, 2.45) is 0 Å². The van der Waals surface area contributed by atoms with Crippen LogP contribution in [-0.2, 0) is 6.54 Å². The highest BCUT2D eigenvalue weighted by Gasteiger charge is 2.18. The van der Waals surface area contributed by atoms with Gasteiger partial charge in [-0.15, -0.1) is 11.3 Å². The molecule has 4 N–H and O–H groups in total. The summed E-state index contributed by atoms with van der Waals surface area (Å²) in [5, 5.41) is 12.2. The lowest BCUT2D eigenvalue weighted by atomic mass is 10.1. The van der Waals surface area contributed by atoms with Crippen molar-refractivity contribution < 1.29 is 4.79 Å². The Kier molecular flexibility index (Phi) is 3.61. The fourth-order valence-electron chi connectivity index (χ4n) is 1.56. The lowest BCUT2D eigenvalue weighted by Crippen LogP contribution is -2.24. The minimum atomic E-state index is -0.286. The first-order valence-electron chi connectivity index (χ1n) is 5.60. The van der Waals surface area contributed by atoms with E-state index in [9.17, 15) is 4.79 Å². The number of hydrogen-bond donors (Lipinski definition) is 3. The molecule has 6 nitrogen and oxygen atoms in total. The number of thiazole rings is 1. The molecular formula is C11H15N5OS. The van der Waals surface area contributed by atoms with Gasteiger partial charge in [0.15, 0.2) is 5.69 Å². The highest BCUT2D eigenvalue weighted by atomic mass is 32.1. The van der Waals surface area contributed by atoms with Crippen LogP contribution in [0.2, 0.25) is 0 Å². The Hall–Kier alpha value is -1.89. The average Bonchev–Trinajstić information content (AvgIpc) is 2.94. The summed E-state index contributed by atoms with van der Waals surface area (Å²) in [6.07, 6.45) is 1.70. The molecule has 0 aliphatic carbocycles. The predicted octanol–water partition coefficient (Wildman–Crippen LogP) is 1.50. The summed E-state index contributed by atoms with van der Waals surface area (Å²) in [5.74, 6) is -0.0798. The number of rotatable bonds is 4.